The first-order valence-electron chi connectivity index (χ1n) is 9.52. The third-order valence-electron chi connectivity index (χ3n) is 4.63. The number of rotatable bonds is 8. The molecule has 0 spiro atoms. The number of para-hydroxylation sites is 1. The number of nitrogens with two attached hydrogens (primary N) is 1. The highest BCUT2D eigenvalue weighted by atomic mass is 35.5. The molecule has 0 aliphatic carbocycles. The highest BCUT2D eigenvalue weighted by molar-refractivity contribution is 6.33. The Labute approximate surface area is 196 Å². The third kappa shape index (κ3) is 4.94. The summed E-state index contributed by atoms with van der Waals surface area (Å²) in [7, 11) is 1.29. The molecule has 0 saturated heterocycles. The van der Waals surface area contributed by atoms with Gasteiger partial charge in [0.15, 0.2) is 18.1 Å². The Hall–Kier alpha value is -4.51. The Kier molecular flexibility index (Phi) is 7.07. The number of pyridine rings is 1. The normalized spacial score (nSPS) is 10.4. The number of carboxylic acids is 2. The van der Waals surface area contributed by atoms with Gasteiger partial charge in [-0.3, -0.25) is 9.59 Å². The summed E-state index contributed by atoms with van der Waals surface area (Å²) in [5, 5.41) is 22.0. The van der Waals surface area contributed by atoms with E-state index < -0.39 is 52.5 Å². The number of carbonyl (C=O) groups is 3. The summed E-state index contributed by atoms with van der Waals surface area (Å²) in [5.74, 6) is -4.05. The maximum atomic E-state index is 12.2. The molecule has 34 heavy (non-hydrogen) atoms. The van der Waals surface area contributed by atoms with E-state index >= 15 is 0 Å². The van der Waals surface area contributed by atoms with Gasteiger partial charge in [-0.05, 0) is 29.8 Å². The van der Waals surface area contributed by atoms with Gasteiger partial charge in [-0.1, -0.05) is 29.8 Å². The highest BCUT2D eigenvalue weighted by Gasteiger charge is 2.27. The van der Waals surface area contributed by atoms with E-state index in [2.05, 4.69) is 5.32 Å². The Morgan fingerprint density at radius 1 is 1.06 bits per heavy atom. The number of halogens is 1. The molecule has 1 heterocycles. The van der Waals surface area contributed by atoms with E-state index in [-0.39, 0.29) is 17.1 Å². The smallest absolute Gasteiger partial charge is 0.342 e. The molecule has 12 heteroatoms. The van der Waals surface area contributed by atoms with Crippen LogP contribution in [0.2, 0.25) is 5.02 Å². The minimum absolute atomic E-state index is 0.0253. The molecule has 0 aliphatic rings. The van der Waals surface area contributed by atoms with E-state index in [1.165, 1.54) is 25.3 Å². The number of aromatic amines is 1. The lowest BCUT2D eigenvalue weighted by atomic mass is 9.95. The van der Waals surface area contributed by atoms with Crippen molar-refractivity contribution >= 4 is 41.0 Å². The molecule has 1 aromatic heterocycles. The number of aromatic carboxylic acids is 2. The maximum absolute atomic E-state index is 12.2. The number of hydrogen-bond donors (Lipinski definition) is 5. The van der Waals surface area contributed by atoms with Crippen LogP contribution in [-0.2, 0) is 4.79 Å². The minimum atomic E-state index is -1.64. The summed E-state index contributed by atoms with van der Waals surface area (Å²) < 4.78 is 10.7. The molecule has 11 nitrogen and oxygen atoms in total. The first-order chi connectivity index (χ1) is 16.1. The molecule has 0 radical (unpaired) electrons. The number of amides is 1. The van der Waals surface area contributed by atoms with Gasteiger partial charge in [0.2, 0.25) is 0 Å². The van der Waals surface area contributed by atoms with Crippen molar-refractivity contribution in [2.75, 3.05) is 24.8 Å². The van der Waals surface area contributed by atoms with Crippen molar-refractivity contribution < 1.29 is 34.1 Å². The first kappa shape index (κ1) is 24.1. The van der Waals surface area contributed by atoms with E-state index in [0.717, 1.165) is 0 Å². The van der Waals surface area contributed by atoms with Gasteiger partial charge in [-0.15, -0.1) is 0 Å². The van der Waals surface area contributed by atoms with Crippen molar-refractivity contribution in [2.45, 2.75) is 0 Å². The van der Waals surface area contributed by atoms with Crippen molar-refractivity contribution in [3.8, 4) is 22.6 Å². The van der Waals surface area contributed by atoms with Gasteiger partial charge in [-0.25, -0.2) is 9.59 Å². The van der Waals surface area contributed by atoms with Crippen LogP contribution in [0.25, 0.3) is 11.1 Å². The summed E-state index contributed by atoms with van der Waals surface area (Å²) >= 11 is 6.01. The minimum Gasteiger partial charge on any atom is -0.493 e. The van der Waals surface area contributed by atoms with Crippen LogP contribution in [0.1, 0.15) is 20.7 Å². The number of anilines is 2. The van der Waals surface area contributed by atoms with Gasteiger partial charge in [-0.2, -0.15) is 0 Å². The fourth-order valence-electron chi connectivity index (χ4n) is 3.17. The SMILES string of the molecule is COc1cc(-c2c(C(=O)O)c(N)[nH]c(=O)c2C(=O)O)ccc1OCC(=O)Nc1ccccc1Cl. The molecule has 0 bridgehead atoms. The van der Waals surface area contributed by atoms with Crippen LogP contribution >= 0.6 is 11.6 Å². The van der Waals surface area contributed by atoms with Crippen molar-refractivity contribution in [3.05, 3.63) is 69.0 Å². The summed E-state index contributed by atoms with van der Waals surface area (Å²) in [6.07, 6.45) is 0. The third-order valence-corrected chi connectivity index (χ3v) is 4.96. The number of nitrogen functional groups attached to an aromatic ring is 1. The Morgan fingerprint density at radius 2 is 1.74 bits per heavy atom. The lowest BCUT2D eigenvalue weighted by molar-refractivity contribution is -0.118. The second kappa shape index (κ2) is 9.96. The number of methoxy groups -OCH3 is 1. The van der Waals surface area contributed by atoms with Crippen molar-refractivity contribution in [1.29, 1.82) is 0 Å². The molecule has 3 aromatic rings. The Bertz CT molecular complexity index is 1350. The number of carbonyl (C=O) groups excluding carboxylic acids is 1. The molecule has 0 aliphatic heterocycles. The fraction of sp³-hybridized carbons (Fsp3) is 0.0909. The number of benzene rings is 2. The second-order valence-corrected chi connectivity index (χ2v) is 7.19. The molecule has 3 rings (SSSR count). The predicted octanol–water partition coefficient (Wildman–Crippen LogP) is 2.70. The highest BCUT2D eigenvalue weighted by Crippen LogP contribution is 2.36. The van der Waals surface area contributed by atoms with E-state index in [4.69, 9.17) is 26.8 Å². The van der Waals surface area contributed by atoms with Crippen LogP contribution in [0, 0.1) is 0 Å². The van der Waals surface area contributed by atoms with Crippen LogP contribution in [0.5, 0.6) is 11.5 Å². The molecular formula is C22H18ClN3O8. The number of ether oxygens (including phenoxy) is 2. The number of hydrogen-bond acceptors (Lipinski definition) is 7. The van der Waals surface area contributed by atoms with E-state index in [1.54, 1.807) is 24.3 Å². The Morgan fingerprint density at radius 3 is 2.35 bits per heavy atom. The van der Waals surface area contributed by atoms with Crippen LogP contribution in [0.3, 0.4) is 0 Å². The number of aromatic nitrogens is 1. The predicted molar refractivity (Wildman–Crippen MR) is 123 cm³/mol. The number of nitrogens with one attached hydrogen (secondary N) is 2. The molecule has 0 atom stereocenters. The zero-order chi connectivity index (χ0) is 25.0. The van der Waals surface area contributed by atoms with Gasteiger partial charge in [0.25, 0.3) is 11.5 Å². The number of H-pyrrole nitrogens is 1. The maximum Gasteiger partial charge on any atom is 0.342 e. The quantitative estimate of drug-likeness (QED) is 0.319. The van der Waals surface area contributed by atoms with Gasteiger partial charge in [0.05, 0.1) is 17.8 Å². The van der Waals surface area contributed by atoms with Gasteiger partial charge in [0.1, 0.15) is 16.9 Å². The van der Waals surface area contributed by atoms with E-state index in [9.17, 15) is 29.4 Å². The topological polar surface area (TPSA) is 181 Å². The fourth-order valence-corrected chi connectivity index (χ4v) is 3.35. The van der Waals surface area contributed by atoms with Crippen molar-refractivity contribution in [2.24, 2.45) is 0 Å². The van der Waals surface area contributed by atoms with E-state index in [0.29, 0.717) is 10.7 Å². The van der Waals surface area contributed by atoms with Crippen molar-refractivity contribution in [3.63, 3.8) is 0 Å². The molecular weight excluding hydrogens is 470 g/mol. The van der Waals surface area contributed by atoms with Crippen LogP contribution in [0.4, 0.5) is 11.5 Å². The van der Waals surface area contributed by atoms with Crippen molar-refractivity contribution in [1.82, 2.24) is 4.98 Å². The average Bonchev–Trinajstić information content (AvgIpc) is 2.78. The molecule has 6 N–H and O–H groups in total. The average molecular weight is 488 g/mol. The van der Waals surface area contributed by atoms with E-state index in [1.807, 2.05) is 4.98 Å². The van der Waals surface area contributed by atoms with Crippen LogP contribution in [-0.4, -0.2) is 46.8 Å². The molecule has 2 aromatic carbocycles. The molecule has 0 unspecified atom stereocenters. The summed E-state index contributed by atoms with van der Waals surface area (Å²) in [6.45, 7) is -0.417. The van der Waals surface area contributed by atoms with Crippen LogP contribution in [0.15, 0.2) is 47.3 Å². The molecule has 1 amide bonds. The van der Waals surface area contributed by atoms with Gasteiger partial charge in [0, 0.05) is 5.56 Å². The first-order valence-corrected chi connectivity index (χ1v) is 9.89. The zero-order valence-corrected chi connectivity index (χ0v) is 18.3. The monoisotopic (exact) mass is 487 g/mol. The largest absolute Gasteiger partial charge is 0.493 e. The number of carboxylic acid groups (broad SMARTS) is 2. The lowest BCUT2D eigenvalue weighted by Crippen LogP contribution is -2.24. The molecule has 0 saturated carbocycles. The molecule has 176 valence electrons. The zero-order valence-electron chi connectivity index (χ0n) is 17.5. The Balaban J connectivity index is 1.95. The lowest BCUT2D eigenvalue weighted by Gasteiger charge is -2.15. The second-order valence-electron chi connectivity index (χ2n) is 6.79. The summed E-state index contributed by atoms with van der Waals surface area (Å²) in [5.41, 5.74) is 3.20. The standard InChI is InChI=1S/C22H18ClN3O8/c1-33-14-8-10(16-17(21(29)30)19(24)26-20(28)18(16)22(31)32)6-7-13(14)34-9-15(27)25-12-5-3-2-4-11(12)23/h2-8H,9H2,1H3,(H,25,27)(H,29,30)(H,31,32)(H3,24,26,28). The summed E-state index contributed by atoms with van der Waals surface area (Å²) in [6, 6.07) is 10.6. The van der Waals surface area contributed by atoms with Crippen LogP contribution < -0.4 is 26.1 Å². The van der Waals surface area contributed by atoms with Gasteiger partial charge < -0.3 is 35.7 Å². The molecule has 0 fully saturated rings. The van der Waals surface area contributed by atoms with Gasteiger partial charge >= 0.3 is 11.9 Å². The summed E-state index contributed by atoms with van der Waals surface area (Å²) in [4.78, 5) is 49.9.